The van der Waals surface area contributed by atoms with Gasteiger partial charge in [-0.15, -0.1) is 11.6 Å². The molecule has 1 aliphatic rings. The topological polar surface area (TPSA) is 54.5 Å². The Morgan fingerprint density at radius 1 is 1.57 bits per heavy atom. The highest BCUT2D eigenvalue weighted by molar-refractivity contribution is 7.91. The van der Waals surface area contributed by atoms with E-state index in [4.69, 9.17) is 11.6 Å². The van der Waals surface area contributed by atoms with Crippen molar-refractivity contribution in [3.8, 4) is 0 Å². The highest BCUT2D eigenvalue weighted by atomic mass is 35.5. The van der Waals surface area contributed by atoms with Gasteiger partial charge in [0.2, 0.25) is 5.91 Å². The molecule has 1 fully saturated rings. The van der Waals surface area contributed by atoms with Gasteiger partial charge < -0.3 is 4.90 Å². The van der Waals surface area contributed by atoms with E-state index in [1.165, 1.54) is 0 Å². The molecule has 6 heteroatoms. The van der Waals surface area contributed by atoms with Gasteiger partial charge in [-0.1, -0.05) is 0 Å². The standard InChI is InChI=1S/C8H14ClNO3S/c1-14(12,13)6-8(11)10-3-2-7(4-9)5-10/h7H,2-6H2,1H3. The SMILES string of the molecule is CS(=O)(=O)CC(=O)N1CCC(CCl)C1. The molecule has 4 nitrogen and oxygen atoms in total. The van der Waals surface area contributed by atoms with Gasteiger partial charge in [0.05, 0.1) is 0 Å². The van der Waals surface area contributed by atoms with Gasteiger partial charge in [0.15, 0.2) is 9.84 Å². The van der Waals surface area contributed by atoms with Crippen molar-refractivity contribution in [3.05, 3.63) is 0 Å². The summed E-state index contributed by atoms with van der Waals surface area (Å²) in [6.45, 7) is 1.23. The number of hydrogen-bond donors (Lipinski definition) is 0. The highest BCUT2D eigenvalue weighted by Crippen LogP contribution is 2.17. The summed E-state index contributed by atoms with van der Waals surface area (Å²) in [6, 6.07) is 0. The summed E-state index contributed by atoms with van der Waals surface area (Å²) in [7, 11) is -3.21. The molecule has 82 valence electrons. The monoisotopic (exact) mass is 239 g/mol. The van der Waals surface area contributed by atoms with Crippen LogP contribution in [0.4, 0.5) is 0 Å². The molecule has 0 N–H and O–H groups in total. The maximum atomic E-state index is 11.4. The van der Waals surface area contributed by atoms with Gasteiger partial charge >= 0.3 is 0 Å². The predicted octanol–water partition coefficient (Wildman–Crippen LogP) is 0.118. The second-order valence-electron chi connectivity index (χ2n) is 3.72. The smallest absolute Gasteiger partial charge is 0.237 e. The van der Waals surface area contributed by atoms with E-state index in [1.54, 1.807) is 4.90 Å². The zero-order chi connectivity index (χ0) is 10.8. The number of amides is 1. The number of nitrogens with zero attached hydrogens (tertiary/aromatic N) is 1. The molecular weight excluding hydrogens is 226 g/mol. The number of halogens is 1. The van der Waals surface area contributed by atoms with E-state index < -0.39 is 9.84 Å². The Kier molecular flexibility index (Phi) is 3.78. The van der Waals surface area contributed by atoms with Gasteiger partial charge in [-0.2, -0.15) is 0 Å². The summed E-state index contributed by atoms with van der Waals surface area (Å²) in [6.07, 6.45) is 1.94. The van der Waals surface area contributed by atoms with Crippen molar-refractivity contribution < 1.29 is 13.2 Å². The Morgan fingerprint density at radius 3 is 2.64 bits per heavy atom. The highest BCUT2D eigenvalue weighted by Gasteiger charge is 2.27. The van der Waals surface area contributed by atoms with E-state index in [1.807, 2.05) is 0 Å². The molecule has 0 spiro atoms. The Labute approximate surface area is 89.1 Å². The molecule has 1 amide bonds. The third-order valence-electron chi connectivity index (χ3n) is 2.24. The molecule has 1 aliphatic heterocycles. The van der Waals surface area contributed by atoms with Crippen molar-refractivity contribution in [3.63, 3.8) is 0 Å². The van der Waals surface area contributed by atoms with Crippen LogP contribution < -0.4 is 0 Å². The van der Waals surface area contributed by atoms with E-state index in [0.717, 1.165) is 12.7 Å². The van der Waals surface area contributed by atoms with Crippen LogP contribution in [0.15, 0.2) is 0 Å². The first-order chi connectivity index (χ1) is 6.42. The molecule has 1 rings (SSSR count). The minimum Gasteiger partial charge on any atom is -0.341 e. The first-order valence-corrected chi connectivity index (χ1v) is 7.03. The number of likely N-dealkylation sites (tertiary alicyclic amines) is 1. The van der Waals surface area contributed by atoms with Crippen LogP contribution in [0.5, 0.6) is 0 Å². The van der Waals surface area contributed by atoms with Gasteiger partial charge in [0.1, 0.15) is 5.75 Å². The number of rotatable bonds is 3. The van der Waals surface area contributed by atoms with Crippen LogP contribution in [-0.2, 0) is 14.6 Å². The number of carbonyl (C=O) groups excluding carboxylic acids is 1. The fourth-order valence-corrected chi connectivity index (χ4v) is 2.38. The number of hydrogen-bond acceptors (Lipinski definition) is 3. The van der Waals surface area contributed by atoms with Gasteiger partial charge in [-0.3, -0.25) is 4.79 Å². The van der Waals surface area contributed by atoms with Gasteiger partial charge in [0, 0.05) is 25.2 Å². The van der Waals surface area contributed by atoms with E-state index in [0.29, 0.717) is 24.9 Å². The van der Waals surface area contributed by atoms with Crippen LogP contribution in [0.2, 0.25) is 0 Å². The number of sulfone groups is 1. The zero-order valence-electron chi connectivity index (χ0n) is 8.07. The molecule has 14 heavy (non-hydrogen) atoms. The molecule has 0 radical (unpaired) electrons. The zero-order valence-corrected chi connectivity index (χ0v) is 9.64. The molecule has 0 bridgehead atoms. The second-order valence-corrected chi connectivity index (χ2v) is 6.17. The van der Waals surface area contributed by atoms with Gasteiger partial charge in [-0.05, 0) is 12.3 Å². The summed E-state index contributed by atoms with van der Waals surface area (Å²) < 4.78 is 21.8. The molecule has 0 saturated carbocycles. The average molecular weight is 240 g/mol. The maximum absolute atomic E-state index is 11.4. The molecule has 0 aromatic carbocycles. The fraction of sp³-hybridized carbons (Fsp3) is 0.875. The predicted molar refractivity (Wildman–Crippen MR) is 55.1 cm³/mol. The second kappa shape index (κ2) is 4.49. The van der Waals surface area contributed by atoms with Crippen molar-refractivity contribution in [2.75, 3.05) is 31.0 Å². The van der Waals surface area contributed by atoms with E-state index >= 15 is 0 Å². The number of alkyl halides is 1. The Bertz CT molecular complexity index is 315. The lowest BCUT2D eigenvalue weighted by molar-refractivity contribution is -0.127. The average Bonchev–Trinajstić information content (AvgIpc) is 2.48. The summed E-state index contributed by atoms with van der Waals surface area (Å²) in [4.78, 5) is 13.0. The summed E-state index contributed by atoms with van der Waals surface area (Å²) in [5, 5.41) is 0. The maximum Gasteiger partial charge on any atom is 0.237 e. The van der Waals surface area contributed by atoms with Crippen LogP contribution in [0.25, 0.3) is 0 Å². The van der Waals surface area contributed by atoms with Crippen LogP contribution in [0, 0.1) is 5.92 Å². The third kappa shape index (κ3) is 3.46. The summed E-state index contributed by atoms with van der Waals surface area (Å²) in [5.74, 6) is 0.158. The van der Waals surface area contributed by atoms with E-state index in [9.17, 15) is 13.2 Å². The molecule has 1 unspecified atom stereocenters. The van der Waals surface area contributed by atoms with Crippen molar-refractivity contribution in [1.82, 2.24) is 4.90 Å². The lowest BCUT2D eigenvalue weighted by Crippen LogP contribution is -2.33. The molecule has 0 aromatic rings. The van der Waals surface area contributed by atoms with Crippen molar-refractivity contribution in [2.45, 2.75) is 6.42 Å². The van der Waals surface area contributed by atoms with Crippen molar-refractivity contribution in [2.24, 2.45) is 5.92 Å². The quantitative estimate of drug-likeness (QED) is 0.658. The number of carbonyl (C=O) groups is 1. The van der Waals surface area contributed by atoms with E-state index in [-0.39, 0.29) is 11.7 Å². The van der Waals surface area contributed by atoms with Crippen molar-refractivity contribution in [1.29, 1.82) is 0 Å². The largest absolute Gasteiger partial charge is 0.341 e. The van der Waals surface area contributed by atoms with Crippen molar-refractivity contribution >= 4 is 27.3 Å². The lowest BCUT2D eigenvalue weighted by Gasteiger charge is -2.15. The lowest BCUT2D eigenvalue weighted by atomic mass is 10.2. The molecular formula is C8H14ClNO3S. The van der Waals surface area contributed by atoms with Crippen LogP contribution >= 0.6 is 11.6 Å². The third-order valence-corrected chi connectivity index (χ3v) is 3.45. The summed E-state index contributed by atoms with van der Waals surface area (Å²) in [5.41, 5.74) is 0. The minimum absolute atomic E-state index is 0.305. The molecule has 1 heterocycles. The molecule has 0 aliphatic carbocycles. The normalized spacial score (nSPS) is 22.7. The first-order valence-electron chi connectivity index (χ1n) is 4.44. The van der Waals surface area contributed by atoms with E-state index in [2.05, 4.69) is 0 Å². The Morgan fingerprint density at radius 2 is 2.21 bits per heavy atom. The molecule has 0 aromatic heterocycles. The Hall–Kier alpha value is -0.290. The first kappa shape index (κ1) is 11.8. The Balaban J connectivity index is 2.48. The van der Waals surface area contributed by atoms with Crippen LogP contribution in [0.1, 0.15) is 6.42 Å². The molecule has 1 saturated heterocycles. The molecule has 1 atom stereocenters. The minimum atomic E-state index is -3.21. The summed E-state index contributed by atoms with van der Waals surface area (Å²) >= 11 is 5.65. The van der Waals surface area contributed by atoms with Crippen LogP contribution in [0.3, 0.4) is 0 Å². The fourth-order valence-electron chi connectivity index (χ4n) is 1.50. The van der Waals surface area contributed by atoms with Gasteiger partial charge in [0.25, 0.3) is 0 Å². The van der Waals surface area contributed by atoms with Crippen LogP contribution in [-0.4, -0.2) is 50.2 Å². The van der Waals surface area contributed by atoms with Gasteiger partial charge in [-0.25, -0.2) is 8.42 Å².